The van der Waals surface area contributed by atoms with Crippen LogP contribution in [0, 0.1) is 0 Å². The summed E-state index contributed by atoms with van der Waals surface area (Å²) in [6.45, 7) is 9.29. The molecule has 0 heterocycles. The minimum absolute atomic E-state index is 0.266. The molecule has 0 spiro atoms. The Labute approximate surface area is 149 Å². The van der Waals surface area contributed by atoms with Crippen LogP contribution < -0.4 is 5.73 Å². The standard InChI is InChI=1S/C20H26FN3O/c1-5-7-15(4)24-19-12-16(20(22)25)9-11-18(19)23-13-14(3)8-10-17(21)6-2/h6,8-9,11-13,17H,2,5,7,10H2,1,3-4H3,(H2,22,25)/b14-8+,23-13?,24-15?. The van der Waals surface area contributed by atoms with Crippen molar-refractivity contribution in [1.29, 1.82) is 0 Å². The zero-order valence-corrected chi connectivity index (χ0v) is 15.1. The molecule has 0 saturated carbocycles. The molecule has 1 aromatic carbocycles. The van der Waals surface area contributed by atoms with E-state index in [1.165, 1.54) is 6.08 Å². The summed E-state index contributed by atoms with van der Waals surface area (Å²) < 4.78 is 13.2. The molecule has 0 radical (unpaired) electrons. The van der Waals surface area contributed by atoms with E-state index in [0.29, 0.717) is 16.9 Å². The topological polar surface area (TPSA) is 67.8 Å². The molecule has 1 unspecified atom stereocenters. The third kappa shape index (κ3) is 7.25. The van der Waals surface area contributed by atoms with E-state index in [1.807, 2.05) is 13.8 Å². The third-order valence-electron chi connectivity index (χ3n) is 3.51. The maximum absolute atomic E-state index is 13.2. The fraction of sp³-hybridized carbons (Fsp3) is 0.350. The van der Waals surface area contributed by atoms with Crippen molar-refractivity contribution < 1.29 is 9.18 Å². The van der Waals surface area contributed by atoms with Crippen molar-refractivity contribution in [2.75, 3.05) is 0 Å². The normalized spacial score (nSPS) is 13.9. The predicted molar refractivity (Wildman–Crippen MR) is 104 cm³/mol. The van der Waals surface area contributed by atoms with Crippen LogP contribution in [0.2, 0.25) is 0 Å². The Hall–Kier alpha value is -2.56. The molecule has 0 fully saturated rings. The fourth-order valence-corrected chi connectivity index (χ4v) is 2.12. The van der Waals surface area contributed by atoms with Crippen LogP contribution >= 0.6 is 0 Å². The highest BCUT2D eigenvalue weighted by molar-refractivity contribution is 5.96. The summed E-state index contributed by atoms with van der Waals surface area (Å²) in [7, 11) is 0. The van der Waals surface area contributed by atoms with Crippen molar-refractivity contribution in [3.63, 3.8) is 0 Å². The number of alkyl halides is 1. The molecule has 1 rings (SSSR count). The van der Waals surface area contributed by atoms with Gasteiger partial charge in [-0.25, -0.2) is 4.39 Å². The number of carbonyl (C=O) groups excluding carboxylic acids is 1. The number of halogens is 1. The van der Waals surface area contributed by atoms with Crippen LogP contribution in [0.4, 0.5) is 15.8 Å². The molecule has 0 bridgehead atoms. The summed E-state index contributed by atoms with van der Waals surface area (Å²) in [5.74, 6) is -0.505. The van der Waals surface area contributed by atoms with Crippen molar-refractivity contribution in [3.05, 3.63) is 48.1 Å². The van der Waals surface area contributed by atoms with E-state index < -0.39 is 12.1 Å². The van der Waals surface area contributed by atoms with E-state index in [9.17, 15) is 9.18 Å². The first-order valence-electron chi connectivity index (χ1n) is 8.32. The number of hydrogen-bond donors (Lipinski definition) is 1. The Bertz CT molecular complexity index is 705. The maximum atomic E-state index is 13.2. The summed E-state index contributed by atoms with van der Waals surface area (Å²) in [5, 5.41) is 0. The number of benzene rings is 1. The van der Waals surface area contributed by atoms with E-state index in [1.54, 1.807) is 30.5 Å². The Morgan fingerprint density at radius 3 is 2.68 bits per heavy atom. The highest BCUT2D eigenvalue weighted by atomic mass is 19.1. The lowest BCUT2D eigenvalue weighted by molar-refractivity contribution is 0.100. The monoisotopic (exact) mass is 343 g/mol. The van der Waals surface area contributed by atoms with Crippen LogP contribution in [0.25, 0.3) is 0 Å². The first-order valence-corrected chi connectivity index (χ1v) is 8.32. The van der Waals surface area contributed by atoms with E-state index >= 15 is 0 Å². The van der Waals surface area contributed by atoms with Crippen LogP contribution in [-0.4, -0.2) is 24.0 Å². The molecular formula is C20H26FN3O. The fourth-order valence-electron chi connectivity index (χ4n) is 2.12. The van der Waals surface area contributed by atoms with E-state index in [-0.39, 0.29) is 6.42 Å². The average Bonchev–Trinajstić information content (AvgIpc) is 2.58. The molecule has 0 aliphatic rings. The van der Waals surface area contributed by atoms with Gasteiger partial charge in [-0.3, -0.25) is 14.8 Å². The molecule has 5 heteroatoms. The molecule has 0 saturated heterocycles. The second kappa shape index (κ2) is 10.3. The number of carbonyl (C=O) groups is 1. The van der Waals surface area contributed by atoms with E-state index in [2.05, 4.69) is 23.5 Å². The molecule has 25 heavy (non-hydrogen) atoms. The Morgan fingerprint density at radius 1 is 1.36 bits per heavy atom. The van der Waals surface area contributed by atoms with Gasteiger partial charge in [-0.15, -0.1) is 6.58 Å². The van der Waals surface area contributed by atoms with Crippen LogP contribution in [0.1, 0.15) is 50.4 Å². The van der Waals surface area contributed by atoms with Gasteiger partial charge in [0.1, 0.15) is 6.17 Å². The summed E-state index contributed by atoms with van der Waals surface area (Å²) in [6.07, 6.45) is 5.74. The van der Waals surface area contributed by atoms with Crippen molar-refractivity contribution in [2.24, 2.45) is 15.7 Å². The second-order valence-electron chi connectivity index (χ2n) is 5.86. The lowest BCUT2D eigenvalue weighted by Crippen LogP contribution is -2.10. The number of aliphatic imine (C=N–C) groups is 2. The molecule has 0 aliphatic carbocycles. The van der Waals surface area contributed by atoms with Crippen LogP contribution in [-0.2, 0) is 0 Å². The van der Waals surface area contributed by atoms with Crippen molar-refractivity contribution in [2.45, 2.75) is 46.2 Å². The average molecular weight is 343 g/mol. The summed E-state index contributed by atoms with van der Waals surface area (Å²) in [4.78, 5) is 20.4. The first-order chi connectivity index (χ1) is 11.9. The number of allylic oxidation sites excluding steroid dienone is 3. The highest BCUT2D eigenvalue weighted by Gasteiger charge is 2.06. The SMILES string of the molecule is C=CC(F)C/C=C(\C)C=Nc1ccc(C(N)=O)cc1N=C(C)CCC. The number of nitrogens with zero attached hydrogens (tertiary/aromatic N) is 2. The molecule has 0 aromatic heterocycles. The van der Waals surface area contributed by atoms with Crippen LogP contribution in [0.5, 0.6) is 0 Å². The van der Waals surface area contributed by atoms with Crippen molar-refractivity contribution >= 4 is 29.2 Å². The largest absolute Gasteiger partial charge is 0.366 e. The van der Waals surface area contributed by atoms with Gasteiger partial charge in [0.2, 0.25) is 5.91 Å². The highest BCUT2D eigenvalue weighted by Crippen LogP contribution is 2.29. The van der Waals surface area contributed by atoms with Gasteiger partial charge in [0.15, 0.2) is 0 Å². The maximum Gasteiger partial charge on any atom is 0.248 e. The lowest BCUT2D eigenvalue weighted by atomic mass is 10.1. The Kier molecular flexibility index (Phi) is 8.47. The molecule has 134 valence electrons. The zero-order valence-electron chi connectivity index (χ0n) is 15.1. The van der Waals surface area contributed by atoms with E-state index in [0.717, 1.165) is 24.1 Å². The van der Waals surface area contributed by atoms with Gasteiger partial charge in [-0.1, -0.05) is 25.5 Å². The number of hydrogen-bond acceptors (Lipinski definition) is 3. The van der Waals surface area contributed by atoms with Gasteiger partial charge in [-0.05, 0) is 44.0 Å². The summed E-state index contributed by atoms with van der Waals surface area (Å²) >= 11 is 0. The quantitative estimate of drug-likeness (QED) is 0.483. The molecule has 1 amide bonds. The third-order valence-corrected chi connectivity index (χ3v) is 3.51. The summed E-state index contributed by atoms with van der Waals surface area (Å²) in [5.41, 5.74) is 8.76. The van der Waals surface area contributed by atoms with Gasteiger partial charge >= 0.3 is 0 Å². The molecule has 1 atom stereocenters. The van der Waals surface area contributed by atoms with Gasteiger partial charge in [0, 0.05) is 23.9 Å². The van der Waals surface area contributed by atoms with Gasteiger partial charge in [-0.2, -0.15) is 0 Å². The molecular weight excluding hydrogens is 317 g/mol. The Balaban J connectivity index is 3.12. The number of primary amides is 1. The molecule has 4 nitrogen and oxygen atoms in total. The smallest absolute Gasteiger partial charge is 0.248 e. The van der Waals surface area contributed by atoms with Gasteiger partial charge < -0.3 is 5.73 Å². The predicted octanol–water partition coefficient (Wildman–Crippen LogP) is 5.24. The molecule has 2 N–H and O–H groups in total. The minimum Gasteiger partial charge on any atom is -0.366 e. The van der Waals surface area contributed by atoms with Crippen LogP contribution in [0.15, 0.2) is 52.5 Å². The molecule has 0 aliphatic heterocycles. The van der Waals surface area contributed by atoms with Crippen LogP contribution in [0.3, 0.4) is 0 Å². The second-order valence-corrected chi connectivity index (χ2v) is 5.86. The lowest BCUT2D eigenvalue weighted by Gasteiger charge is -2.05. The van der Waals surface area contributed by atoms with Gasteiger partial charge in [0.05, 0.1) is 11.4 Å². The number of amides is 1. The summed E-state index contributed by atoms with van der Waals surface area (Å²) in [6, 6.07) is 4.98. The minimum atomic E-state index is -1.06. The van der Waals surface area contributed by atoms with Gasteiger partial charge in [0.25, 0.3) is 0 Å². The zero-order chi connectivity index (χ0) is 18.8. The number of rotatable bonds is 9. The van der Waals surface area contributed by atoms with E-state index in [4.69, 9.17) is 5.73 Å². The van der Waals surface area contributed by atoms with Crippen molar-refractivity contribution in [1.82, 2.24) is 0 Å². The van der Waals surface area contributed by atoms with Crippen molar-refractivity contribution in [3.8, 4) is 0 Å². The Morgan fingerprint density at radius 2 is 2.08 bits per heavy atom. The molecule has 1 aromatic rings. The first kappa shape index (κ1) is 20.5. The number of nitrogens with two attached hydrogens (primary N) is 1.